The molecular formula is C15H7Br2F6IO3. The van der Waals surface area contributed by atoms with Gasteiger partial charge in [0.05, 0.1) is 9.13 Å². The van der Waals surface area contributed by atoms with Crippen LogP contribution in [0.15, 0.2) is 45.3 Å². The first-order chi connectivity index (χ1) is 12.3. The summed E-state index contributed by atoms with van der Waals surface area (Å²) in [4.78, 5) is 10.4. The van der Waals surface area contributed by atoms with E-state index in [4.69, 9.17) is 0 Å². The van der Waals surface area contributed by atoms with Crippen LogP contribution in [0.25, 0.3) is 0 Å². The lowest BCUT2D eigenvalue weighted by Gasteiger charge is -2.10. The monoisotopic (exact) mass is 634 g/mol. The number of alkyl halides is 6. The van der Waals surface area contributed by atoms with Crippen molar-refractivity contribution in [3.8, 4) is 11.5 Å². The van der Waals surface area contributed by atoms with Crippen molar-refractivity contribution in [1.29, 1.82) is 0 Å². The summed E-state index contributed by atoms with van der Waals surface area (Å²) in [5, 5.41) is 0. The second kappa shape index (κ2) is 9.96. The zero-order valence-corrected chi connectivity index (χ0v) is 18.0. The zero-order chi connectivity index (χ0) is 20.8. The number of rotatable bonds is 3. The lowest BCUT2D eigenvalue weighted by molar-refractivity contribution is -0.275. The molecule has 0 aliphatic rings. The average molecular weight is 636 g/mol. The van der Waals surface area contributed by atoms with Gasteiger partial charge in [-0.2, -0.15) is 0 Å². The van der Waals surface area contributed by atoms with Crippen molar-refractivity contribution in [2.45, 2.75) is 12.7 Å². The van der Waals surface area contributed by atoms with Crippen LogP contribution in [0.4, 0.5) is 26.3 Å². The largest absolute Gasteiger partial charge is 0.573 e. The van der Waals surface area contributed by atoms with E-state index in [2.05, 4.69) is 41.3 Å². The van der Waals surface area contributed by atoms with Gasteiger partial charge in [-0.1, -0.05) is 31.9 Å². The number of benzene rings is 2. The van der Waals surface area contributed by atoms with Crippen LogP contribution in [-0.4, -0.2) is 19.0 Å². The molecule has 2 aromatic rings. The van der Waals surface area contributed by atoms with Crippen molar-refractivity contribution >= 4 is 60.7 Å². The van der Waals surface area contributed by atoms with Crippen molar-refractivity contribution in [1.82, 2.24) is 0 Å². The van der Waals surface area contributed by atoms with Gasteiger partial charge in [-0.05, 0) is 59.0 Å². The molecule has 27 heavy (non-hydrogen) atoms. The highest BCUT2D eigenvalue weighted by Crippen LogP contribution is 2.30. The van der Waals surface area contributed by atoms with Gasteiger partial charge < -0.3 is 9.47 Å². The summed E-state index contributed by atoms with van der Waals surface area (Å²) in [6.07, 6.45) is -9.13. The molecule has 2 aromatic carbocycles. The molecule has 0 spiro atoms. The summed E-state index contributed by atoms with van der Waals surface area (Å²) < 4.78 is 79.7. The highest BCUT2D eigenvalue weighted by atomic mass is 127. The SMILES string of the molecule is FC(F)(F)Oc1cc(Br)ccc1I.O=Cc1ccc(Br)cc1OC(F)(F)F. The van der Waals surface area contributed by atoms with E-state index < -0.39 is 18.5 Å². The Balaban J connectivity index is 0.000000271. The minimum atomic E-state index is -4.79. The van der Waals surface area contributed by atoms with Gasteiger partial charge in [-0.3, -0.25) is 4.79 Å². The smallest absolute Gasteiger partial charge is 0.405 e. The maximum atomic E-state index is 11.8. The molecule has 0 N–H and O–H groups in total. The minimum Gasteiger partial charge on any atom is -0.405 e. The van der Waals surface area contributed by atoms with E-state index in [-0.39, 0.29) is 11.3 Å². The molecule has 0 fully saturated rings. The standard InChI is InChI=1S/C8H4BrF3O2.C7H3BrF3IO/c9-6-2-1-5(4-13)7(3-6)14-8(10,11)12;8-4-1-2-5(12)6(3-4)13-7(9,10)11/h1-4H;1-3H. The van der Waals surface area contributed by atoms with Gasteiger partial charge in [0.15, 0.2) is 6.29 Å². The molecule has 0 amide bonds. The number of aldehydes is 1. The third-order valence-corrected chi connectivity index (χ3v) is 4.32. The van der Waals surface area contributed by atoms with E-state index in [1.807, 2.05) is 0 Å². The van der Waals surface area contributed by atoms with E-state index in [0.717, 1.165) is 6.07 Å². The predicted octanol–water partition coefficient (Wildman–Crippen LogP) is 7.11. The highest BCUT2D eigenvalue weighted by Gasteiger charge is 2.32. The maximum absolute atomic E-state index is 11.8. The number of halogens is 9. The topological polar surface area (TPSA) is 35.5 Å². The molecule has 0 bridgehead atoms. The number of carbonyl (C=O) groups is 1. The molecule has 0 aliphatic carbocycles. The fourth-order valence-corrected chi connectivity index (χ4v) is 2.62. The first-order valence-electron chi connectivity index (χ1n) is 6.52. The molecular weight excluding hydrogens is 629 g/mol. The average Bonchev–Trinajstić information content (AvgIpc) is 2.49. The van der Waals surface area contributed by atoms with Crippen molar-refractivity contribution in [2.24, 2.45) is 0 Å². The third-order valence-electron chi connectivity index (χ3n) is 2.45. The van der Waals surface area contributed by atoms with E-state index in [1.54, 1.807) is 28.7 Å². The molecule has 0 heterocycles. The Bertz CT molecular complexity index is 796. The summed E-state index contributed by atoms with van der Waals surface area (Å²) in [5.41, 5.74) is -0.148. The van der Waals surface area contributed by atoms with Crippen LogP contribution in [-0.2, 0) is 0 Å². The first kappa shape index (κ1) is 24.0. The fraction of sp³-hybridized carbons (Fsp3) is 0.133. The first-order valence-corrected chi connectivity index (χ1v) is 9.18. The zero-order valence-electron chi connectivity index (χ0n) is 12.7. The quantitative estimate of drug-likeness (QED) is 0.205. The minimum absolute atomic E-state index is 0.148. The molecule has 0 aromatic heterocycles. The van der Waals surface area contributed by atoms with Crippen LogP contribution in [0.3, 0.4) is 0 Å². The van der Waals surface area contributed by atoms with Gasteiger partial charge in [0.25, 0.3) is 0 Å². The van der Waals surface area contributed by atoms with Crippen LogP contribution < -0.4 is 9.47 Å². The van der Waals surface area contributed by atoms with Gasteiger partial charge in [-0.25, -0.2) is 0 Å². The Labute approximate surface area is 179 Å². The summed E-state index contributed by atoms with van der Waals surface area (Å²) in [6, 6.07) is 8.22. The van der Waals surface area contributed by atoms with Gasteiger partial charge in [0.1, 0.15) is 11.5 Å². The number of hydrogen-bond donors (Lipinski definition) is 0. The van der Waals surface area contributed by atoms with Gasteiger partial charge in [0.2, 0.25) is 0 Å². The number of ether oxygens (including phenoxy) is 2. The van der Waals surface area contributed by atoms with Crippen molar-refractivity contribution < 1.29 is 40.6 Å². The summed E-state index contributed by atoms with van der Waals surface area (Å²) in [7, 11) is 0. The molecule has 3 nitrogen and oxygen atoms in total. The Morgan fingerprint density at radius 2 is 1.26 bits per heavy atom. The van der Waals surface area contributed by atoms with E-state index >= 15 is 0 Å². The second-order valence-electron chi connectivity index (χ2n) is 4.47. The van der Waals surface area contributed by atoms with Gasteiger partial charge >= 0.3 is 12.7 Å². The van der Waals surface area contributed by atoms with Crippen molar-refractivity contribution in [2.75, 3.05) is 0 Å². The summed E-state index contributed by atoms with van der Waals surface area (Å²) >= 11 is 7.79. The maximum Gasteiger partial charge on any atom is 0.573 e. The Morgan fingerprint density at radius 3 is 1.74 bits per heavy atom. The number of carbonyl (C=O) groups excluding carboxylic acids is 1. The molecule has 148 valence electrons. The lowest BCUT2D eigenvalue weighted by Crippen LogP contribution is -2.18. The molecule has 0 atom stereocenters. The molecule has 0 saturated carbocycles. The van der Waals surface area contributed by atoms with Crippen LogP contribution in [0.2, 0.25) is 0 Å². The molecule has 2 rings (SSSR count). The Kier molecular flexibility index (Phi) is 8.86. The van der Waals surface area contributed by atoms with Crippen LogP contribution >= 0.6 is 54.5 Å². The molecule has 12 heteroatoms. The highest BCUT2D eigenvalue weighted by molar-refractivity contribution is 14.1. The lowest BCUT2D eigenvalue weighted by atomic mass is 10.2. The van der Waals surface area contributed by atoms with E-state index in [9.17, 15) is 31.1 Å². The third kappa shape index (κ3) is 9.65. The number of hydrogen-bond acceptors (Lipinski definition) is 3. The molecule has 0 unspecified atom stereocenters. The van der Waals surface area contributed by atoms with Crippen LogP contribution in [0.5, 0.6) is 11.5 Å². The van der Waals surface area contributed by atoms with E-state index in [0.29, 0.717) is 18.8 Å². The molecule has 0 aliphatic heterocycles. The normalized spacial score (nSPS) is 11.3. The van der Waals surface area contributed by atoms with Crippen LogP contribution in [0, 0.1) is 3.57 Å². The van der Waals surface area contributed by atoms with Gasteiger partial charge in [-0.15, -0.1) is 26.3 Å². The van der Waals surface area contributed by atoms with Crippen molar-refractivity contribution in [3.63, 3.8) is 0 Å². The van der Waals surface area contributed by atoms with E-state index in [1.165, 1.54) is 24.3 Å². The second-order valence-corrected chi connectivity index (χ2v) is 7.46. The summed E-state index contributed by atoms with van der Waals surface area (Å²) in [5.74, 6) is -0.704. The fourth-order valence-electron chi connectivity index (χ4n) is 1.50. The molecule has 0 radical (unpaired) electrons. The van der Waals surface area contributed by atoms with Gasteiger partial charge in [0, 0.05) is 8.95 Å². The predicted molar refractivity (Wildman–Crippen MR) is 99.8 cm³/mol. The Hall–Kier alpha value is -1.02. The van der Waals surface area contributed by atoms with Crippen LogP contribution in [0.1, 0.15) is 10.4 Å². The Morgan fingerprint density at radius 1 is 0.815 bits per heavy atom. The van der Waals surface area contributed by atoms with Crippen molar-refractivity contribution in [3.05, 3.63) is 54.5 Å². The summed E-state index contributed by atoms with van der Waals surface area (Å²) in [6.45, 7) is 0. The molecule has 0 saturated heterocycles.